The number of benzene rings is 1. The molecule has 1 saturated heterocycles. The van der Waals surface area contributed by atoms with Gasteiger partial charge in [-0.3, -0.25) is 9.48 Å². The number of aromatic nitrogens is 4. The zero-order chi connectivity index (χ0) is 23.3. The van der Waals surface area contributed by atoms with Crippen LogP contribution in [0.5, 0.6) is 0 Å². The molecule has 8 nitrogen and oxygen atoms in total. The summed E-state index contributed by atoms with van der Waals surface area (Å²) in [5, 5.41) is 11.9. The van der Waals surface area contributed by atoms with Gasteiger partial charge in [-0.1, -0.05) is 13.8 Å². The van der Waals surface area contributed by atoms with Crippen LogP contribution in [0.15, 0.2) is 36.8 Å². The Kier molecular flexibility index (Phi) is 5.28. The number of anilines is 2. The molecule has 33 heavy (non-hydrogen) atoms. The molecule has 1 atom stereocenters. The fourth-order valence-corrected chi connectivity index (χ4v) is 4.55. The topological polar surface area (TPSA) is 79.5 Å². The number of nitrogens with one attached hydrogen (secondary N) is 2. The maximum absolute atomic E-state index is 14.5. The fraction of sp³-hybridized carbons (Fsp3) is 0.375. The minimum Gasteiger partial charge on any atom is -0.368 e. The molecule has 1 aliphatic heterocycles. The second-order valence-corrected chi connectivity index (χ2v) is 9.09. The summed E-state index contributed by atoms with van der Waals surface area (Å²) >= 11 is 0. The van der Waals surface area contributed by atoms with Gasteiger partial charge in [0.2, 0.25) is 0 Å². The van der Waals surface area contributed by atoms with Crippen LogP contribution in [0.25, 0.3) is 16.6 Å². The van der Waals surface area contributed by atoms with Gasteiger partial charge in [-0.25, -0.2) is 9.37 Å². The van der Waals surface area contributed by atoms with Gasteiger partial charge in [0.15, 0.2) is 11.5 Å². The van der Waals surface area contributed by atoms with Crippen molar-refractivity contribution in [2.75, 3.05) is 29.9 Å². The van der Waals surface area contributed by atoms with Crippen LogP contribution in [0, 0.1) is 18.7 Å². The molecule has 0 aliphatic carbocycles. The predicted molar refractivity (Wildman–Crippen MR) is 127 cm³/mol. The lowest BCUT2D eigenvalue weighted by Crippen LogP contribution is -2.53. The van der Waals surface area contributed by atoms with Gasteiger partial charge < -0.3 is 19.9 Å². The Balaban J connectivity index is 1.48. The van der Waals surface area contributed by atoms with Gasteiger partial charge in [0, 0.05) is 68.5 Å². The zero-order valence-electron chi connectivity index (χ0n) is 19.3. The van der Waals surface area contributed by atoms with Crippen molar-refractivity contribution >= 4 is 33.8 Å². The second-order valence-electron chi connectivity index (χ2n) is 9.09. The van der Waals surface area contributed by atoms with Gasteiger partial charge in [0.1, 0.15) is 5.52 Å². The molecule has 172 valence electrons. The lowest BCUT2D eigenvalue weighted by Gasteiger charge is -2.37. The largest absolute Gasteiger partial charge is 0.368 e. The van der Waals surface area contributed by atoms with Crippen molar-refractivity contribution in [3.63, 3.8) is 0 Å². The van der Waals surface area contributed by atoms with E-state index in [0.717, 1.165) is 30.7 Å². The number of halogens is 1. The first-order valence-electron chi connectivity index (χ1n) is 11.2. The van der Waals surface area contributed by atoms with Gasteiger partial charge in [0.05, 0.1) is 16.9 Å². The Labute approximate surface area is 191 Å². The highest BCUT2D eigenvalue weighted by molar-refractivity contribution is 6.13. The summed E-state index contributed by atoms with van der Waals surface area (Å²) in [5.74, 6) is -0.293. The van der Waals surface area contributed by atoms with Crippen LogP contribution in [0.3, 0.4) is 0 Å². The van der Waals surface area contributed by atoms with Gasteiger partial charge in [-0.05, 0) is 25.0 Å². The number of rotatable bonds is 4. The fourth-order valence-electron chi connectivity index (χ4n) is 4.55. The number of amides is 1. The van der Waals surface area contributed by atoms with Gasteiger partial charge in [-0.2, -0.15) is 5.10 Å². The number of carbonyl (C=O) groups is 1. The number of piperazine rings is 1. The Morgan fingerprint density at radius 1 is 1.27 bits per heavy atom. The van der Waals surface area contributed by atoms with Crippen molar-refractivity contribution < 1.29 is 9.18 Å². The third-order valence-electron chi connectivity index (χ3n) is 6.25. The van der Waals surface area contributed by atoms with Crippen molar-refractivity contribution in [2.24, 2.45) is 13.0 Å². The second kappa shape index (κ2) is 8.15. The minimum atomic E-state index is -0.488. The number of hydrogen-bond donors (Lipinski definition) is 2. The molecule has 1 amide bonds. The number of fused-ring (bicyclic) bond motifs is 2. The first-order valence-corrected chi connectivity index (χ1v) is 11.2. The smallest absolute Gasteiger partial charge is 0.257 e. The monoisotopic (exact) mass is 449 g/mol. The predicted octanol–water partition coefficient (Wildman–Crippen LogP) is 3.36. The van der Waals surface area contributed by atoms with E-state index in [1.165, 1.54) is 6.07 Å². The van der Waals surface area contributed by atoms with Gasteiger partial charge >= 0.3 is 0 Å². The molecule has 4 aromatic rings. The van der Waals surface area contributed by atoms with E-state index in [1.807, 2.05) is 25.4 Å². The molecule has 1 aromatic carbocycles. The highest BCUT2D eigenvalue weighted by Crippen LogP contribution is 2.30. The van der Waals surface area contributed by atoms with Crippen LogP contribution in [0.1, 0.15) is 29.9 Å². The van der Waals surface area contributed by atoms with Crippen LogP contribution in [-0.2, 0) is 7.05 Å². The average molecular weight is 450 g/mol. The van der Waals surface area contributed by atoms with Crippen molar-refractivity contribution in [1.82, 2.24) is 24.5 Å². The highest BCUT2D eigenvalue weighted by Gasteiger charge is 2.25. The van der Waals surface area contributed by atoms with Crippen molar-refractivity contribution in [3.8, 4) is 0 Å². The summed E-state index contributed by atoms with van der Waals surface area (Å²) < 4.78 is 17.8. The third kappa shape index (κ3) is 3.93. The molecule has 3 aromatic heterocycles. The standard InChI is InChI=1S/C24H28FN7O/c1-14(2)20-13-31(8-7-26-20)21-6-5-17(22-18(21)12-30(4)29-22)24(33)28-16-9-19(25)23-27-15(3)10-32(23)11-16/h5-6,9-12,14,20,26H,7-8,13H2,1-4H3,(H,28,33)/t20-/m0/s1. The summed E-state index contributed by atoms with van der Waals surface area (Å²) in [6.45, 7) is 8.94. The molecule has 4 heterocycles. The first-order chi connectivity index (χ1) is 15.8. The summed E-state index contributed by atoms with van der Waals surface area (Å²) in [5.41, 5.74) is 3.45. The average Bonchev–Trinajstić information content (AvgIpc) is 3.34. The zero-order valence-corrected chi connectivity index (χ0v) is 19.3. The first kappa shape index (κ1) is 21.4. The molecule has 0 radical (unpaired) electrons. The molecule has 0 unspecified atom stereocenters. The summed E-state index contributed by atoms with van der Waals surface area (Å²) in [7, 11) is 1.85. The third-order valence-corrected chi connectivity index (χ3v) is 6.25. The lowest BCUT2D eigenvalue weighted by molar-refractivity contribution is 0.102. The van der Waals surface area contributed by atoms with Crippen LogP contribution in [0.2, 0.25) is 0 Å². The Hall–Kier alpha value is -3.46. The van der Waals surface area contributed by atoms with E-state index in [-0.39, 0.29) is 11.6 Å². The molecule has 0 spiro atoms. The van der Waals surface area contributed by atoms with Crippen LogP contribution >= 0.6 is 0 Å². The van der Waals surface area contributed by atoms with E-state index >= 15 is 0 Å². The van der Waals surface area contributed by atoms with E-state index in [4.69, 9.17) is 0 Å². The van der Waals surface area contributed by atoms with Crippen LogP contribution in [0.4, 0.5) is 15.8 Å². The Morgan fingerprint density at radius 3 is 2.88 bits per heavy atom. The quantitative estimate of drug-likeness (QED) is 0.500. The molecule has 5 rings (SSSR count). The lowest BCUT2D eigenvalue weighted by atomic mass is 10.0. The van der Waals surface area contributed by atoms with E-state index < -0.39 is 5.82 Å². The molecule has 1 aliphatic rings. The molecule has 0 bridgehead atoms. The normalized spacial score (nSPS) is 16.8. The maximum Gasteiger partial charge on any atom is 0.257 e. The van der Waals surface area contributed by atoms with Crippen LogP contribution in [-0.4, -0.2) is 50.7 Å². The number of pyridine rings is 1. The van der Waals surface area contributed by atoms with Crippen molar-refractivity contribution in [1.29, 1.82) is 0 Å². The number of carbonyl (C=O) groups excluding carboxylic acids is 1. The van der Waals surface area contributed by atoms with Crippen molar-refractivity contribution in [2.45, 2.75) is 26.8 Å². The SMILES string of the molecule is Cc1cn2cc(NC(=O)c3ccc(N4CCN[C@H](C(C)C)C4)c4cn(C)nc34)cc(F)c2n1. The number of aryl methyl sites for hydroxylation is 2. The number of nitrogens with zero attached hydrogens (tertiary/aromatic N) is 5. The van der Waals surface area contributed by atoms with Gasteiger partial charge in [-0.15, -0.1) is 0 Å². The molecule has 0 saturated carbocycles. The Bertz CT molecular complexity index is 1360. The Morgan fingerprint density at radius 2 is 2.09 bits per heavy atom. The summed E-state index contributed by atoms with van der Waals surface area (Å²) in [4.78, 5) is 19.7. The van der Waals surface area contributed by atoms with E-state index in [2.05, 4.69) is 39.5 Å². The molecule has 9 heteroatoms. The summed E-state index contributed by atoms with van der Waals surface area (Å²) in [6.07, 6.45) is 5.33. The van der Waals surface area contributed by atoms with E-state index in [9.17, 15) is 9.18 Å². The molecule has 2 N–H and O–H groups in total. The summed E-state index contributed by atoms with van der Waals surface area (Å²) in [6, 6.07) is 5.49. The van der Waals surface area contributed by atoms with Crippen LogP contribution < -0.4 is 15.5 Å². The molecular weight excluding hydrogens is 421 g/mol. The van der Waals surface area contributed by atoms with E-state index in [0.29, 0.717) is 34.4 Å². The van der Waals surface area contributed by atoms with Gasteiger partial charge in [0.25, 0.3) is 5.91 Å². The van der Waals surface area contributed by atoms with Crippen molar-refractivity contribution in [3.05, 3.63) is 53.9 Å². The molecular formula is C24H28FN7O. The molecule has 1 fully saturated rings. The number of hydrogen-bond acceptors (Lipinski definition) is 5. The number of imidazole rings is 1. The highest BCUT2D eigenvalue weighted by atomic mass is 19.1. The maximum atomic E-state index is 14.5. The minimum absolute atomic E-state index is 0.234. The van der Waals surface area contributed by atoms with E-state index in [1.54, 1.807) is 28.4 Å².